The van der Waals surface area contributed by atoms with Gasteiger partial charge in [0.2, 0.25) is 0 Å². The molecule has 1 aromatic heterocycles. The van der Waals surface area contributed by atoms with Crippen molar-refractivity contribution < 1.29 is 0 Å². The topological polar surface area (TPSA) is 25.8 Å². The summed E-state index contributed by atoms with van der Waals surface area (Å²) in [5, 5.41) is 0. The monoisotopic (exact) mass is 164 g/mol. The first-order valence-electron chi connectivity index (χ1n) is 4.35. The molecule has 0 aromatic carbocycles. The van der Waals surface area contributed by atoms with Crippen molar-refractivity contribution in [3.63, 3.8) is 0 Å². The van der Waals surface area contributed by atoms with E-state index in [-0.39, 0.29) is 5.41 Å². The molecule has 1 aromatic rings. The van der Waals surface area contributed by atoms with Gasteiger partial charge < -0.3 is 0 Å². The molecule has 12 heavy (non-hydrogen) atoms. The van der Waals surface area contributed by atoms with Gasteiger partial charge in [0.1, 0.15) is 0 Å². The second kappa shape index (κ2) is 3.21. The fourth-order valence-corrected chi connectivity index (χ4v) is 0.938. The predicted octanol–water partition coefficient (Wildman–Crippen LogP) is 2.34. The Morgan fingerprint density at radius 1 is 1.25 bits per heavy atom. The zero-order valence-corrected chi connectivity index (χ0v) is 8.26. The van der Waals surface area contributed by atoms with Gasteiger partial charge in [-0.25, -0.2) is 0 Å². The Hall–Kier alpha value is -0.920. The van der Waals surface area contributed by atoms with Crippen molar-refractivity contribution in [3.8, 4) is 0 Å². The van der Waals surface area contributed by atoms with Crippen LogP contribution in [0.25, 0.3) is 0 Å². The number of aryl methyl sites for hydroxylation is 1. The van der Waals surface area contributed by atoms with Gasteiger partial charge in [0.05, 0.1) is 11.4 Å². The number of hydrogen-bond acceptors (Lipinski definition) is 2. The number of aromatic nitrogens is 2. The Bertz CT molecular complexity index is 261. The lowest BCUT2D eigenvalue weighted by molar-refractivity contribution is 0.562. The van der Waals surface area contributed by atoms with E-state index >= 15 is 0 Å². The van der Waals surface area contributed by atoms with Gasteiger partial charge in [0, 0.05) is 17.8 Å². The maximum Gasteiger partial charge on any atom is 0.0643 e. The molecule has 0 bridgehead atoms. The van der Waals surface area contributed by atoms with Gasteiger partial charge in [-0.2, -0.15) is 0 Å². The van der Waals surface area contributed by atoms with Gasteiger partial charge in [0.25, 0.3) is 0 Å². The Kier molecular flexibility index (Phi) is 2.46. The van der Waals surface area contributed by atoms with Crippen LogP contribution in [0.4, 0.5) is 0 Å². The molecule has 0 amide bonds. The van der Waals surface area contributed by atoms with Crippen LogP contribution >= 0.6 is 0 Å². The third-order valence-electron chi connectivity index (χ3n) is 1.82. The van der Waals surface area contributed by atoms with Gasteiger partial charge in [-0.1, -0.05) is 27.7 Å². The quantitative estimate of drug-likeness (QED) is 0.636. The van der Waals surface area contributed by atoms with Gasteiger partial charge in [-0.05, 0) is 6.42 Å². The van der Waals surface area contributed by atoms with E-state index in [1.54, 1.807) is 0 Å². The van der Waals surface area contributed by atoms with Crippen LogP contribution in [-0.2, 0) is 11.8 Å². The summed E-state index contributed by atoms with van der Waals surface area (Å²) in [4.78, 5) is 8.66. The molecule has 0 aliphatic carbocycles. The van der Waals surface area contributed by atoms with Crippen molar-refractivity contribution >= 4 is 0 Å². The summed E-state index contributed by atoms with van der Waals surface area (Å²) >= 11 is 0. The van der Waals surface area contributed by atoms with Crippen molar-refractivity contribution in [3.05, 3.63) is 23.8 Å². The first kappa shape index (κ1) is 9.17. The normalized spacial score (nSPS) is 11.7. The summed E-state index contributed by atoms with van der Waals surface area (Å²) in [5.41, 5.74) is 2.25. The molecule has 0 saturated carbocycles. The molecule has 2 nitrogen and oxygen atoms in total. The van der Waals surface area contributed by atoms with E-state index in [0.717, 1.165) is 17.8 Å². The van der Waals surface area contributed by atoms with Crippen molar-refractivity contribution in [2.24, 2.45) is 0 Å². The van der Waals surface area contributed by atoms with E-state index in [4.69, 9.17) is 0 Å². The van der Waals surface area contributed by atoms with E-state index < -0.39 is 0 Å². The van der Waals surface area contributed by atoms with Crippen LogP contribution in [0.5, 0.6) is 0 Å². The minimum atomic E-state index is 0.109. The molecule has 1 heterocycles. The number of nitrogens with zero attached hydrogens (tertiary/aromatic N) is 2. The highest BCUT2D eigenvalue weighted by Gasteiger charge is 2.15. The van der Waals surface area contributed by atoms with Crippen LogP contribution in [0.15, 0.2) is 12.4 Å². The Labute approximate surface area is 74.1 Å². The van der Waals surface area contributed by atoms with Crippen LogP contribution < -0.4 is 0 Å². The SMILES string of the molecule is CCc1cncc(C(C)(C)C)n1. The van der Waals surface area contributed by atoms with Gasteiger partial charge in [-0.3, -0.25) is 9.97 Å². The zero-order valence-electron chi connectivity index (χ0n) is 8.26. The minimum absolute atomic E-state index is 0.109. The third-order valence-corrected chi connectivity index (χ3v) is 1.82. The second-order valence-electron chi connectivity index (χ2n) is 4.00. The van der Waals surface area contributed by atoms with Crippen LogP contribution in [0.2, 0.25) is 0 Å². The summed E-state index contributed by atoms with van der Waals surface area (Å²) in [6.07, 6.45) is 4.63. The van der Waals surface area contributed by atoms with Crippen molar-refractivity contribution in [1.82, 2.24) is 9.97 Å². The molecular weight excluding hydrogens is 148 g/mol. The maximum atomic E-state index is 4.50. The second-order valence-corrected chi connectivity index (χ2v) is 4.00. The summed E-state index contributed by atoms with van der Waals surface area (Å²) in [6.45, 7) is 8.54. The highest BCUT2D eigenvalue weighted by atomic mass is 14.8. The van der Waals surface area contributed by atoms with Crippen molar-refractivity contribution in [2.45, 2.75) is 39.5 Å². The maximum absolute atomic E-state index is 4.50. The summed E-state index contributed by atoms with van der Waals surface area (Å²) < 4.78 is 0. The molecule has 0 unspecified atom stereocenters. The molecular formula is C10H16N2. The lowest BCUT2D eigenvalue weighted by atomic mass is 9.92. The molecule has 0 aliphatic heterocycles. The first-order chi connectivity index (χ1) is 5.54. The Morgan fingerprint density at radius 3 is 2.42 bits per heavy atom. The molecule has 0 spiro atoms. The highest BCUT2D eigenvalue weighted by molar-refractivity contribution is 5.11. The summed E-state index contributed by atoms with van der Waals surface area (Å²) in [6, 6.07) is 0. The average Bonchev–Trinajstić information content (AvgIpc) is 2.03. The Morgan fingerprint density at radius 2 is 1.92 bits per heavy atom. The van der Waals surface area contributed by atoms with E-state index in [9.17, 15) is 0 Å². The van der Waals surface area contributed by atoms with Gasteiger partial charge >= 0.3 is 0 Å². The molecule has 66 valence electrons. The van der Waals surface area contributed by atoms with Crippen LogP contribution in [0.3, 0.4) is 0 Å². The molecule has 0 atom stereocenters. The van der Waals surface area contributed by atoms with Crippen molar-refractivity contribution in [1.29, 1.82) is 0 Å². The molecule has 0 fully saturated rings. The fraction of sp³-hybridized carbons (Fsp3) is 0.600. The lowest BCUT2D eigenvalue weighted by Crippen LogP contribution is -2.14. The third kappa shape index (κ3) is 2.03. The fourth-order valence-electron chi connectivity index (χ4n) is 0.938. The molecule has 0 N–H and O–H groups in total. The van der Waals surface area contributed by atoms with Gasteiger partial charge in [-0.15, -0.1) is 0 Å². The van der Waals surface area contributed by atoms with E-state index in [1.807, 2.05) is 12.4 Å². The Balaban J connectivity index is 3.02. The minimum Gasteiger partial charge on any atom is -0.261 e. The molecule has 0 aliphatic rings. The van der Waals surface area contributed by atoms with Gasteiger partial charge in [0.15, 0.2) is 0 Å². The first-order valence-corrected chi connectivity index (χ1v) is 4.35. The number of hydrogen-bond donors (Lipinski definition) is 0. The molecule has 2 heteroatoms. The zero-order chi connectivity index (χ0) is 9.19. The molecule has 0 saturated heterocycles. The van der Waals surface area contributed by atoms with E-state index in [1.165, 1.54) is 0 Å². The highest BCUT2D eigenvalue weighted by Crippen LogP contribution is 2.18. The smallest absolute Gasteiger partial charge is 0.0643 e. The lowest BCUT2D eigenvalue weighted by Gasteiger charge is -2.17. The van der Waals surface area contributed by atoms with Crippen molar-refractivity contribution in [2.75, 3.05) is 0 Å². The molecule has 1 rings (SSSR count). The van der Waals surface area contributed by atoms with E-state index in [2.05, 4.69) is 37.7 Å². The standard InChI is InChI=1S/C10H16N2/c1-5-8-6-11-7-9(12-8)10(2,3)4/h6-7H,5H2,1-4H3. The van der Waals surface area contributed by atoms with Crippen LogP contribution in [0, 0.1) is 0 Å². The largest absolute Gasteiger partial charge is 0.261 e. The van der Waals surface area contributed by atoms with Crippen LogP contribution in [0.1, 0.15) is 39.1 Å². The molecule has 0 radical (unpaired) electrons. The number of rotatable bonds is 1. The predicted molar refractivity (Wildman–Crippen MR) is 50.1 cm³/mol. The average molecular weight is 164 g/mol. The summed E-state index contributed by atoms with van der Waals surface area (Å²) in [5.74, 6) is 0. The van der Waals surface area contributed by atoms with E-state index in [0.29, 0.717) is 0 Å². The summed E-state index contributed by atoms with van der Waals surface area (Å²) in [7, 11) is 0. The van der Waals surface area contributed by atoms with Crippen LogP contribution in [-0.4, -0.2) is 9.97 Å².